The normalized spacial score (nSPS) is 12.0. The minimum absolute atomic E-state index is 0.0336. The molecule has 0 aliphatic carbocycles. The van der Waals surface area contributed by atoms with Gasteiger partial charge in [0.15, 0.2) is 5.03 Å². The van der Waals surface area contributed by atoms with E-state index >= 15 is 0 Å². The van der Waals surface area contributed by atoms with Crippen molar-refractivity contribution in [2.75, 3.05) is 19.7 Å². The molecule has 0 fully saturated rings. The first kappa shape index (κ1) is 18.0. The van der Waals surface area contributed by atoms with Crippen molar-refractivity contribution in [3.63, 3.8) is 0 Å². The average molecular weight is 315 g/mol. The van der Waals surface area contributed by atoms with E-state index in [1.165, 1.54) is 6.07 Å². The molecular formula is C14H25N3O3S. The first-order chi connectivity index (χ1) is 9.95. The molecule has 2 N–H and O–H groups in total. The van der Waals surface area contributed by atoms with Crippen molar-refractivity contribution in [1.29, 1.82) is 0 Å². The fourth-order valence-electron chi connectivity index (χ4n) is 1.63. The number of ether oxygens (including phenoxy) is 1. The molecule has 0 aromatic carbocycles. The fraction of sp³-hybridized carbons (Fsp3) is 0.643. The van der Waals surface area contributed by atoms with Crippen LogP contribution in [0.3, 0.4) is 0 Å². The largest absolute Gasteiger partial charge is 0.377 e. The molecule has 0 radical (unpaired) electrons. The van der Waals surface area contributed by atoms with Crippen LogP contribution in [0.1, 0.15) is 32.8 Å². The lowest BCUT2D eigenvalue weighted by atomic mass is 10.3. The SMILES string of the molecule is CCCNCc1ccc(S(=O)(=O)NCCOC(C)C)nc1. The molecule has 21 heavy (non-hydrogen) atoms. The predicted octanol–water partition coefficient (Wildman–Crippen LogP) is 1.28. The van der Waals surface area contributed by atoms with Gasteiger partial charge in [-0.1, -0.05) is 13.0 Å². The van der Waals surface area contributed by atoms with E-state index in [4.69, 9.17) is 4.74 Å². The maximum atomic E-state index is 12.0. The Labute approximate surface area is 127 Å². The van der Waals surface area contributed by atoms with Gasteiger partial charge in [0.2, 0.25) is 0 Å². The summed E-state index contributed by atoms with van der Waals surface area (Å²) in [7, 11) is -3.56. The Hall–Kier alpha value is -1.02. The molecule has 6 nitrogen and oxygen atoms in total. The molecule has 0 unspecified atom stereocenters. The lowest BCUT2D eigenvalue weighted by Crippen LogP contribution is -2.29. The fourth-order valence-corrected chi connectivity index (χ4v) is 2.57. The maximum absolute atomic E-state index is 12.0. The second-order valence-electron chi connectivity index (χ2n) is 5.00. The van der Waals surface area contributed by atoms with Gasteiger partial charge in [0.25, 0.3) is 10.0 Å². The summed E-state index contributed by atoms with van der Waals surface area (Å²) in [6, 6.07) is 3.30. The molecule has 0 aliphatic rings. The van der Waals surface area contributed by atoms with Gasteiger partial charge in [-0.15, -0.1) is 0 Å². The number of sulfonamides is 1. The molecular weight excluding hydrogens is 290 g/mol. The monoisotopic (exact) mass is 315 g/mol. The number of rotatable bonds is 10. The van der Waals surface area contributed by atoms with Crippen molar-refractivity contribution < 1.29 is 13.2 Å². The van der Waals surface area contributed by atoms with Gasteiger partial charge in [-0.05, 0) is 38.4 Å². The molecule has 0 bridgehead atoms. The Balaban J connectivity index is 2.50. The molecule has 7 heteroatoms. The number of hydrogen-bond acceptors (Lipinski definition) is 5. The summed E-state index contributed by atoms with van der Waals surface area (Å²) in [5.74, 6) is 0. The van der Waals surface area contributed by atoms with Crippen molar-refractivity contribution in [2.24, 2.45) is 0 Å². The summed E-state index contributed by atoms with van der Waals surface area (Å²) in [5, 5.41) is 3.27. The third-order valence-electron chi connectivity index (χ3n) is 2.67. The highest BCUT2D eigenvalue weighted by Crippen LogP contribution is 2.06. The average Bonchev–Trinajstić information content (AvgIpc) is 2.44. The summed E-state index contributed by atoms with van der Waals surface area (Å²) in [6.45, 7) is 8.10. The molecule has 0 saturated heterocycles. The van der Waals surface area contributed by atoms with E-state index in [2.05, 4.69) is 21.9 Å². The van der Waals surface area contributed by atoms with Crippen molar-refractivity contribution in [2.45, 2.75) is 44.9 Å². The van der Waals surface area contributed by atoms with E-state index in [1.54, 1.807) is 12.3 Å². The molecule has 1 aromatic heterocycles. The zero-order chi connectivity index (χ0) is 15.7. The van der Waals surface area contributed by atoms with Gasteiger partial charge in [-0.2, -0.15) is 0 Å². The molecule has 1 aromatic rings. The van der Waals surface area contributed by atoms with Gasteiger partial charge in [-0.3, -0.25) is 0 Å². The summed E-state index contributed by atoms with van der Waals surface area (Å²) in [4.78, 5) is 4.01. The van der Waals surface area contributed by atoms with Crippen molar-refractivity contribution in [3.05, 3.63) is 23.9 Å². The zero-order valence-corrected chi connectivity index (χ0v) is 13.7. The second kappa shape index (κ2) is 9.09. The molecule has 0 saturated carbocycles. The van der Waals surface area contributed by atoms with Crippen LogP contribution in [0.4, 0.5) is 0 Å². The number of nitrogens with zero attached hydrogens (tertiary/aromatic N) is 1. The van der Waals surface area contributed by atoms with Crippen molar-refractivity contribution in [3.8, 4) is 0 Å². The van der Waals surface area contributed by atoms with E-state index in [1.807, 2.05) is 13.8 Å². The Bertz CT molecular complexity index is 501. The standard InChI is InChI=1S/C14H25N3O3S/c1-4-7-15-10-13-5-6-14(16-11-13)21(18,19)17-8-9-20-12(2)3/h5-6,11-12,15,17H,4,7-10H2,1-3H3. The molecule has 1 rings (SSSR count). The van der Waals surface area contributed by atoms with Crippen LogP contribution in [0.15, 0.2) is 23.4 Å². The summed E-state index contributed by atoms with van der Waals surface area (Å²) in [5.41, 5.74) is 0.963. The number of aromatic nitrogens is 1. The third-order valence-corrected chi connectivity index (χ3v) is 4.05. The number of pyridine rings is 1. The topological polar surface area (TPSA) is 80.3 Å². The quantitative estimate of drug-likeness (QED) is 0.636. The Kier molecular flexibility index (Phi) is 7.81. The van der Waals surface area contributed by atoms with Gasteiger partial charge < -0.3 is 10.1 Å². The summed E-state index contributed by atoms with van der Waals surface area (Å²) in [6.07, 6.45) is 2.73. The van der Waals surface area contributed by atoms with E-state index in [0.29, 0.717) is 13.2 Å². The van der Waals surface area contributed by atoms with Crippen LogP contribution >= 0.6 is 0 Å². The first-order valence-corrected chi connectivity index (χ1v) is 8.71. The van der Waals surface area contributed by atoms with Crippen molar-refractivity contribution in [1.82, 2.24) is 15.0 Å². The minimum Gasteiger partial charge on any atom is -0.377 e. The molecule has 1 heterocycles. The molecule has 0 amide bonds. The number of nitrogens with one attached hydrogen (secondary N) is 2. The first-order valence-electron chi connectivity index (χ1n) is 7.22. The summed E-state index contributed by atoms with van der Waals surface area (Å²) >= 11 is 0. The van der Waals surface area contributed by atoms with Gasteiger partial charge in [0.05, 0.1) is 12.7 Å². The Morgan fingerprint density at radius 1 is 1.29 bits per heavy atom. The molecule has 0 aliphatic heterocycles. The number of hydrogen-bond donors (Lipinski definition) is 2. The van der Waals surface area contributed by atoms with Crippen LogP contribution in [0.2, 0.25) is 0 Å². The highest BCUT2D eigenvalue weighted by Gasteiger charge is 2.14. The van der Waals surface area contributed by atoms with E-state index < -0.39 is 10.0 Å². The van der Waals surface area contributed by atoms with E-state index in [0.717, 1.165) is 18.5 Å². The lowest BCUT2D eigenvalue weighted by Gasteiger charge is -2.09. The van der Waals surface area contributed by atoms with Crippen molar-refractivity contribution >= 4 is 10.0 Å². The van der Waals surface area contributed by atoms with E-state index in [-0.39, 0.29) is 17.7 Å². The highest BCUT2D eigenvalue weighted by molar-refractivity contribution is 7.89. The minimum atomic E-state index is -3.56. The van der Waals surface area contributed by atoms with Gasteiger partial charge in [0.1, 0.15) is 0 Å². The third kappa shape index (κ3) is 6.99. The van der Waals surface area contributed by atoms with Crippen LogP contribution < -0.4 is 10.0 Å². The molecule has 120 valence electrons. The Morgan fingerprint density at radius 2 is 2.05 bits per heavy atom. The van der Waals surface area contributed by atoms with Crippen LogP contribution in [-0.2, 0) is 21.3 Å². The van der Waals surface area contributed by atoms with Gasteiger partial charge >= 0.3 is 0 Å². The predicted molar refractivity (Wildman–Crippen MR) is 82.5 cm³/mol. The summed E-state index contributed by atoms with van der Waals surface area (Å²) < 4.78 is 31.8. The molecule has 0 spiro atoms. The lowest BCUT2D eigenvalue weighted by molar-refractivity contribution is 0.0834. The maximum Gasteiger partial charge on any atom is 0.258 e. The highest BCUT2D eigenvalue weighted by atomic mass is 32.2. The second-order valence-corrected chi connectivity index (χ2v) is 6.71. The zero-order valence-electron chi connectivity index (χ0n) is 12.9. The van der Waals surface area contributed by atoms with Crippen LogP contribution in [-0.4, -0.2) is 39.2 Å². The van der Waals surface area contributed by atoms with Crippen LogP contribution in [0.25, 0.3) is 0 Å². The van der Waals surface area contributed by atoms with Crippen LogP contribution in [0.5, 0.6) is 0 Å². The molecule has 0 atom stereocenters. The van der Waals surface area contributed by atoms with Crippen LogP contribution in [0, 0.1) is 0 Å². The van der Waals surface area contributed by atoms with Gasteiger partial charge in [-0.25, -0.2) is 18.1 Å². The van der Waals surface area contributed by atoms with E-state index in [9.17, 15) is 8.42 Å². The smallest absolute Gasteiger partial charge is 0.258 e. The van der Waals surface area contributed by atoms with Gasteiger partial charge in [0, 0.05) is 19.3 Å². The Morgan fingerprint density at radius 3 is 2.62 bits per heavy atom.